The fourth-order valence-electron chi connectivity index (χ4n) is 3.53. The monoisotopic (exact) mass is 494 g/mol. The molecule has 0 saturated carbocycles. The molecule has 0 unspecified atom stereocenters. The molecule has 4 rings (SSSR count). The van der Waals surface area contributed by atoms with E-state index in [0.29, 0.717) is 39.3 Å². The number of amides is 1. The van der Waals surface area contributed by atoms with Crippen LogP contribution < -0.4 is 9.62 Å². The van der Waals surface area contributed by atoms with Crippen molar-refractivity contribution in [1.82, 2.24) is 0 Å². The van der Waals surface area contributed by atoms with Crippen LogP contribution in [0.4, 0.5) is 11.4 Å². The van der Waals surface area contributed by atoms with Crippen LogP contribution in [-0.4, -0.2) is 20.9 Å². The minimum absolute atomic E-state index is 0.100. The van der Waals surface area contributed by atoms with Gasteiger partial charge in [-0.25, -0.2) is 8.42 Å². The molecule has 3 aromatic rings. The second kappa shape index (κ2) is 8.71. The summed E-state index contributed by atoms with van der Waals surface area (Å²) < 4.78 is 28.3. The molecule has 0 radical (unpaired) electrons. The van der Waals surface area contributed by atoms with Crippen LogP contribution >= 0.6 is 34.8 Å². The lowest BCUT2D eigenvalue weighted by Crippen LogP contribution is -2.35. The largest absolute Gasteiger partial charge is 0.308 e. The molecule has 0 aromatic heterocycles. The number of carbonyl (C=O) groups is 1. The Kier molecular flexibility index (Phi) is 6.17. The van der Waals surface area contributed by atoms with E-state index < -0.39 is 10.0 Å². The van der Waals surface area contributed by atoms with Gasteiger partial charge in [-0.1, -0.05) is 34.8 Å². The third-order valence-corrected chi connectivity index (χ3v) is 7.00. The van der Waals surface area contributed by atoms with E-state index in [4.69, 9.17) is 34.8 Å². The zero-order chi connectivity index (χ0) is 22.2. The molecule has 9 heteroatoms. The van der Waals surface area contributed by atoms with Crippen molar-refractivity contribution < 1.29 is 13.2 Å². The van der Waals surface area contributed by atoms with Crippen LogP contribution in [0.5, 0.6) is 0 Å². The van der Waals surface area contributed by atoms with Crippen molar-refractivity contribution >= 4 is 62.1 Å². The molecule has 1 N–H and O–H groups in total. The predicted octanol–water partition coefficient (Wildman–Crippen LogP) is 6.04. The Balaban J connectivity index is 1.63. The molecule has 31 heavy (non-hydrogen) atoms. The number of anilines is 2. The van der Waals surface area contributed by atoms with Gasteiger partial charge in [0.1, 0.15) is 0 Å². The van der Waals surface area contributed by atoms with Crippen LogP contribution in [0.1, 0.15) is 22.3 Å². The number of nitrogens with zero attached hydrogens (tertiary/aromatic N) is 1. The van der Waals surface area contributed by atoms with Gasteiger partial charge in [-0.15, -0.1) is 0 Å². The Labute approximate surface area is 195 Å². The van der Waals surface area contributed by atoms with Gasteiger partial charge in [-0.2, -0.15) is 0 Å². The summed E-state index contributed by atoms with van der Waals surface area (Å²) in [5.74, 6) is -0.153. The van der Waals surface area contributed by atoms with Gasteiger partial charge in [0, 0.05) is 32.9 Å². The van der Waals surface area contributed by atoms with E-state index in [1.165, 1.54) is 24.3 Å². The molecule has 1 aliphatic heterocycles. The second-order valence-corrected chi connectivity index (χ2v) is 10.1. The van der Waals surface area contributed by atoms with Crippen molar-refractivity contribution in [3.8, 4) is 0 Å². The number of hydrogen-bond donors (Lipinski definition) is 1. The van der Waals surface area contributed by atoms with Gasteiger partial charge in [0.15, 0.2) is 0 Å². The van der Waals surface area contributed by atoms with E-state index in [2.05, 4.69) is 4.72 Å². The summed E-state index contributed by atoms with van der Waals surface area (Å²) in [5.41, 5.74) is 2.29. The smallest absolute Gasteiger partial charge is 0.261 e. The molecule has 0 spiro atoms. The van der Waals surface area contributed by atoms with Gasteiger partial charge in [0.2, 0.25) is 0 Å². The lowest BCUT2D eigenvalue weighted by atomic mass is 10.0. The summed E-state index contributed by atoms with van der Waals surface area (Å²) in [6.45, 7) is 0.555. The molecule has 0 fully saturated rings. The van der Waals surface area contributed by atoms with E-state index in [-0.39, 0.29) is 16.5 Å². The first kappa shape index (κ1) is 22.0. The van der Waals surface area contributed by atoms with E-state index in [9.17, 15) is 13.2 Å². The molecule has 0 bridgehead atoms. The molecule has 0 aliphatic carbocycles. The highest BCUT2D eigenvalue weighted by Gasteiger charge is 2.26. The molecule has 1 heterocycles. The van der Waals surface area contributed by atoms with Gasteiger partial charge in [-0.3, -0.25) is 9.52 Å². The van der Waals surface area contributed by atoms with Crippen LogP contribution in [0.15, 0.2) is 65.6 Å². The zero-order valence-corrected chi connectivity index (χ0v) is 19.2. The average Bonchev–Trinajstić information content (AvgIpc) is 2.72. The number of aryl methyl sites for hydroxylation is 1. The van der Waals surface area contributed by atoms with Crippen molar-refractivity contribution in [2.75, 3.05) is 16.2 Å². The van der Waals surface area contributed by atoms with Gasteiger partial charge in [0.25, 0.3) is 15.9 Å². The van der Waals surface area contributed by atoms with Crippen LogP contribution in [0.25, 0.3) is 0 Å². The van der Waals surface area contributed by atoms with Crippen molar-refractivity contribution in [2.45, 2.75) is 17.7 Å². The molecule has 5 nitrogen and oxygen atoms in total. The molecular formula is C22H17Cl3N2O3S. The number of benzene rings is 3. The molecule has 0 saturated heterocycles. The van der Waals surface area contributed by atoms with Crippen molar-refractivity contribution in [3.63, 3.8) is 0 Å². The summed E-state index contributed by atoms with van der Waals surface area (Å²) in [7, 11) is -3.86. The van der Waals surface area contributed by atoms with Crippen molar-refractivity contribution in [2.24, 2.45) is 0 Å². The number of carbonyl (C=O) groups excluding carboxylic acids is 1. The number of sulfonamides is 1. The third kappa shape index (κ3) is 4.83. The Morgan fingerprint density at radius 1 is 0.871 bits per heavy atom. The summed E-state index contributed by atoms with van der Waals surface area (Å²) in [6.07, 6.45) is 1.40. The van der Waals surface area contributed by atoms with Crippen LogP contribution in [0.3, 0.4) is 0 Å². The molecule has 0 atom stereocenters. The highest BCUT2D eigenvalue weighted by molar-refractivity contribution is 7.92. The second-order valence-electron chi connectivity index (χ2n) is 7.12. The fourth-order valence-corrected chi connectivity index (χ4v) is 5.27. The number of halogens is 3. The molecule has 1 aliphatic rings. The Morgan fingerprint density at radius 2 is 1.55 bits per heavy atom. The van der Waals surface area contributed by atoms with Crippen molar-refractivity contribution in [1.29, 1.82) is 0 Å². The summed E-state index contributed by atoms with van der Waals surface area (Å²) in [4.78, 5) is 14.8. The maximum atomic E-state index is 13.0. The van der Waals surface area contributed by atoms with Crippen LogP contribution in [0.2, 0.25) is 15.1 Å². The Morgan fingerprint density at radius 3 is 2.23 bits per heavy atom. The standard InChI is InChI=1S/C22H17Cl3N2O3S/c23-16-5-3-14(4-6-16)22(28)27-9-1-2-15-10-20(7-8-21(15)27)31(29,30)26-19-12-17(24)11-18(25)13-19/h3-8,10-13,26H,1-2,9H2. The van der Waals surface area contributed by atoms with Crippen LogP contribution in [0, 0.1) is 0 Å². The van der Waals surface area contributed by atoms with Gasteiger partial charge >= 0.3 is 0 Å². The topological polar surface area (TPSA) is 66.5 Å². The molecule has 160 valence electrons. The third-order valence-electron chi connectivity index (χ3n) is 4.93. The summed E-state index contributed by atoms with van der Waals surface area (Å²) in [5, 5.41) is 1.21. The highest BCUT2D eigenvalue weighted by Crippen LogP contribution is 2.32. The summed E-state index contributed by atoms with van der Waals surface area (Å²) >= 11 is 17.8. The minimum Gasteiger partial charge on any atom is -0.308 e. The first-order valence-corrected chi connectivity index (χ1v) is 12.0. The Bertz CT molecular complexity index is 1240. The maximum absolute atomic E-state index is 13.0. The van der Waals surface area contributed by atoms with E-state index in [0.717, 1.165) is 12.0 Å². The van der Waals surface area contributed by atoms with Gasteiger partial charge < -0.3 is 4.90 Å². The van der Waals surface area contributed by atoms with Gasteiger partial charge in [-0.05, 0) is 79.1 Å². The van der Waals surface area contributed by atoms with Gasteiger partial charge in [0.05, 0.1) is 10.6 Å². The van der Waals surface area contributed by atoms with E-state index in [1.807, 2.05) is 0 Å². The van der Waals surface area contributed by atoms with E-state index >= 15 is 0 Å². The number of rotatable bonds is 4. The first-order chi connectivity index (χ1) is 14.7. The average molecular weight is 496 g/mol. The molecule has 3 aromatic carbocycles. The maximum Gasteiger partial charge on any atom is 0.261 e. The van der Waals surface area contributed by atoms with Crippen molar-refractivity contribution in [3.05, 3.63) is 86.9 Å². The lowest BCUT2D eigenvalue weighted by Gasteiger charge is -2.30. The lowest BCUT2D eigenvalue weighted by molar-refractivity contribution is 0.0985. The zero-order valence-electron chi connectivity index (χ0n) is 16.1. The number of hydrogen-bond acceptors (Lipinski definition) is 3. The predicted molar refractivity (Wildman–Crippen MR) is 125 cm³/mol. The Hall–Kier alpha value is -2.25. The normalized spacial score (nSPS) is 13.6. The first-order valence-electron chi connectivity index (χ1n) is 9.42. The molecule has 1 amide bonds. The molecular weight excluding hydrogens is 479 g/mol. The number of fused-ring (bicyclic) bond motifs is 1. The quantitative estimate of drug-likeness (QED) is 0.480. The highest BCUT2D eigenvalue weighted by atomic mass is 35.5. The SMILES string of the molecule is O=C(c1ccc(Cl)cc1)N1CCCc2cc(S(=O)(=O)Nc3cc(Cl)cc(Cl)c3)ccc21. The minimum atomic E-state index is -3.86. The fraction of sp³-hybridized carbons (Fsp3) is 0.136. The summed E-state index contributed by atoms with van der Waals surface area (Å²) in [6, 6.07) is 15.9. The number of nitrogens with one attached hydrogen (secondary N) is 1. The van der Waals surface area contributed by atoms with Crippen LogP contribution in [-0.2, 0) is 16.4 Å². The van der Waals surface area contributed by atoms with E-state index in [1.54, 1.807) is 41.3 Å².